The molecule has 0 aliphatic heterocycles. The molecule has 112 valence electrons. The van der Waals surface area contributed by atoms with Crippen LogP contribution in [0.4, 0.5) is 0 Å². The lowest BCUT2D eigenvalue weighted by atomic mass is 10.2. The lowest BCUT2D eigenvalue weighted by Crippen LogP contribution is -2.07. The molecule has 0 aliphatic rings. The van der Waals surface area contributed by atoms with Gasteiger partial charge in [0, 0.05) is 28.7 Å². The highest BCUT2D eigenvalue weighted by molar-refractivity contribution is 5.89. The molecule has 0 N–H and O–H groups in total. The molecule has 1 heterocycles. The van der Waals surface area contributed by atoms with E-state index in [4.69, 9.17) is 4.74 Å². The predicted octanol–water partition coefficient (Wildman–Crippen LogP) is 4.43. The number of para-hydroxylation sites is 1. The van der Waals surface area contributed by atoms with Crippen LogP contribution in [0.1, 0.15) is 39.4 Å². The molecular weight excluding hydrogens is 262 g/mol. The first kappa shape index (κ1) is 15.4. The van der Waals surface area contributed by atoms with Crippen LogP contribution < -0.4 is 0 Å². The first-order valence-electron chi connectivity index (χ1n) is 7.44. The van der Waals surface area contributed by atoms with Gasteiger partial charge in [0.1, 0.15) is 0 Å². The Morgan fingerprint density at radius 3 is 2.62 bits per heavy atom. The van der Waals surface area contributed by atoms with Crippen LogP contribution in [0, 0.1) is 5.92 Å². The Labute approximate surface area is 126 Å². The number of rotatable bonds is 5. The van der Waals surface area contributed by atoms with Crippen molar-refractivity contribution in [2.24, 2.45) is 5.92 Å². The van der Waals surface area contributed by atoms with Gasteiger partial charge in [-0.05, 0) is 38.0 Å². The van der Waals surface area contributed by atoms with Crippen molar-refractivity contribution in [2.75, 3.05) is 6.61 Å². The van der Waals surface area contributed by atoms with Crippen LogP contribution >= 0.6 is 0 Å². The minimum Gasteiger partial charge on any atom is -0.462 e. The van der Waals surface area contributed by atoms with Crippen LogP contribution in [-0.2, 0) is 9.53 Å². The number of nitrogens with zero attached hydrogens (tertiary/aromatic N) is 1. The number of hydrogen-bond acceptors (Lipinski definition) is 2. The predicted molar refractivity (Wildman–Crippen MR) is 87.2 cm³/mol. The number of carbonyl (C=O) groups is 1. The second-order valence-corrected chi connectivity index (χ2v) is 5.95. The third kappa shape index (κ3) is 3.75. The standard InChI is InChI=1S/C18H23NO2/c1-13(2)12-21-18(20)10-9-16-11-15-7-5-6-8-17(15)19(16)14(3)4/h5-11,13-14H,12H2,1-4H3/b10-9+. The van der Waals surface area contributed by atoms with E-state index in [1.54, 1.807) is 0 Å². The number of esters is 1. The van der Waals surface area contributed by atoms with Gasteiger partial charge < -0.3 is 9.30 Å². The summed E-state index contributed by atoms with van der Waals surface area (Å²) in [4.78, 5) is 11.7. The summed E-state index contributed by atoms with van der Waals surface area (Å²) in [6.07, 6.45) is 3.35. The molecule has 21 heavy (non-hydrogen) atoms. The van der Waals surface area contributed by atoms with Crippen molar-refractivity contribution in [3.8, 4) is 0 Å². The molecule has 0 aliphatic carbocycles. The molecule has 0 bridgehead atoms. The molecule has 1 aromatic heterocycles. The van der Waals surface area contributed by atoms with Gasteiger partial charge in [0.25, 0.3) is 0 Å². The zero-order valence-corrected chi connectivity index (χ0v) is 13.2. The molecule has 0 radical (unpaired) electrons. The average molecular weight is 285 g/mol. The highest BCUT2D eigenvalue weighted by Crippen LogP contribution is 2.24. The van der Waals surface area contributed by atoms with Gasteiger partial charge in [-0.2, -0.15) is 0 Å². The van der Waals surface area contributed by atoms with Gasteiger partial charge in [-0.1, -0.05) is 32.0 Å². The lowest BCUT2D eigenvalue weighted by Gasteiger charge is -2.12. The zero-order chi connectivity index (χ0) is 15.4. The normalized spacial score (nSPS) is 11.9. The average Bonchev–Trinajstić information content (AvgIpc) is 2.81. The molecule has 3 heteroatoms. The fourth-order valence-corrected chi connectivity index (χ4v) is 2.35. The smallest absolute Gasteiger partial charge is 0.330 e. The fraction of sp³-hybridized carbons (Fsp3) is 0.389. The second-order valence-electron chi connectivity index (χ2n) is 5.95. The molecule has 0 amide bonds. The highest BCUT2D eigenvalue weighted by Gasteiger charge is 2.09. The quantitative estimate of drug-likeness (QED) is 0.601. The summed E-state index contributed by atoms with van der Waals surface area (Å²) in [5.74, 6) is 0.0636. The van der Waals surface area contributed by atoms with Gasteiger partial charge in [0.15, 0.2) is 0 Å². The molecule has 0 fully saturated rings. The van der Waals surface area contributed by atoms with E-state index in [0.29, 0.717) is 18.6 Å². The first-order chi connectivity index (χ1) is 9.99. The number of carbonyl (C=O) groups excluding carboxylic acids is 1. The van der Waals surface area contributed by atoms with E-state index < -0.39 is 0 Å². The molecular formula is C18H23NO2. The highest BCUT2D eigenvalue weighted by atomic mass is 16.5. The zero-order valence-electron chi connectivity index (χ0n) is 13.2. The van der Waals surface area contributed by atoms with Crippen molar-refractivity contribution < 1.29 is 9.53 Å². The Bertz CT molecular complexity index is 650. The summed E-state index contributed by atoms with van der Waals surface area (Å²) < 4.78 is 7.39. The molecule has 0 saturated carbocycles. The maximum atomic E-state index is 11.7. The summed E-state index contributed by atoms with van der Waals surface area (Å²) in [6, 6.07) is 10.7. The van der Waals surface area contributed by atoms with Crippen LogP contribution in [0.5, 0.6) is 0 Å². The Balaban J connectivity index is 2.25. The number of hydrogen-bond donors (Lipinski definition) is 0. The van der Waals surface area contributed by atoms with Gasteiger partial charge in [-0.25, -0.2) is 4.79 Å². The van der Waals surface area contributed by atoms with Gasteiger partial charge >= 0.3 is 5.97 Å². The first-order valence-corrected chi connectivity index (χ1v) is 7.44. The fourth-order valence-electron chi connectivity index (χ4n) is 2.35. The van der Waals surface area contributed by atoms with E-state index in [2.05, 4.69) is 36.6 Å². The maximum absolute atomic E-state index is 11.7. The van der Waals surface area contributed by atoms with E-state index in [-0.39, 0.29) is 5.97 Å². The molecule has 2 rings (SSSR count). The van der Waals surface area contributed by atoms with Crippen molar-refractivity contribution in [1.29, 1.82) is 0 Å². The molecule has 3 nitrogen and oxygen atoms in total. The van der Waals surface area contributed by atoms with Gasteiger partial charge in [-0.15, -0.1) is 0 Å². The Morgan fingerprint density at radius 2 is 1.95 bits per heavy atom. The van der Waals surface area contributed by atoms with E-state index >= 15 is 0 Å². The summed E-state index contributed by atoms with van der Waals surface area (Å²) in [6.45, 7) is 8.78. The number of fused-ring (bicyclic) bond motifs is 1. The molecule has 0 spiro atoms. The summed E-state index contributed by atoms with van der Waals surface area (Å²) in [5, 5.41) is 1.18. The van der Waals surface area contributed by atoms with Crippen LogP contribution in [0.3, 0.4) is 0 Å². The minimum atomic E-state index is -0.288. The molecule has 0 unspecified atom stereocenters. The molecule has 1 aromatic carbocycles. The van der Waals surface area contributed by atoms with Crippen molar-refractivity contribution in [2.45, 2.75) is 33.7 Å². The van der Waals surface area contributed by atoms with E-state index in [9.17, 15) is 4.79 Å². The summed E-state index contributed by atoms with van der Waals surface area (Å²) in [5.41, 5.74) is 2.20. The minimum absolute atomic E-state index is 0.288. The van der Waals surface area contributed by atoms with Crippen LogP contribution in [-0.4, -0.2) is 17.1 Å². The maximum Gasteiger partial charge on any atom is 0.330 e. The SMILES string of the molecule is CC(C)COC(=O)/C=C/c1cc2ccccc2n1C(C)C. The Morgan fingerprint density at radius 1 is 1.24 bits per heavy atom. The van der Waals surface area contributed by atoms with E-state index in [1.807, 2.05) is 32.1 Å². The van der Waals surface area contributed by atoms with Crippen LogP contribution in [0.2, 0.25) is 0 Å². The summed E-state index contributed by atoms with van der Waals surface area (Å²) >= 11 is 0. The molecule has 2 aromatic rings. The van der Waals surface area contributed by atoms with Crippen molar-refractivity contribution in [1.82, 2.24) is 4.57 Å². The number of ether oxygens (including phenoxy) is 1. The molecule has 0 atom stereocenters. The van der Waals surface area contributed by atoms with Crippen LogP contribution in [0.25, 0.3) is 17.0 Å². The number of aromatic nitrogens is 1. The van der Waals surface area contributed by atoms with Crippen molar-refractivity contribution in [3.63, 3.8) is 0 Å². The van der Waals surface area contributed by atoms with Crippen molar-refractivity contribution >= 4 is 22.9 Å². The third-order valence-corrected chi connectivity index (χ3v) is 3.24. The second kappa shape index (κ2) is 6.61. The lowest BCUT2D eigenvalue weighted by molar-refractivity contribution is -0.138. The Hall–Kier alpha value is -2.03. The van der Waals surface area contributed by atoms with Crippen LogP contribution in [0.15, 0.2) is 36.4 Å². The topological polar surface area (TPSA) is 31.2 Å². The monoisotopic (exact) mass is 285 g/mol. The van der Waals surface area contributed by atoms with Gasteiger partial charge in [0.2, 0.25) is 0 Å². The largest absolute Gasteiger partial charge is 0.462 e. The number of benzene rings is 1. The Kier molecular flexibility index (Phi) is 4.84. The third-order valence-electron chi connectivity index (χ3n) is 3.24. The van der Waals surface area contributed by atoms with E-state index in [1.165, 1.54) is 17.0 Å². The van der Waals surface area contributed by atoms with E-state index in [0.717, 1.165) is 5.69 Å². The van der Waals surface area contributed by atoms with Gasteiger partial charge in [-0.3, -0.25) is 0 Å². The van der Waals surface area contributed by atoms with Crippen molar-refractivity contribution in [3.05, 3.63) is 42.1 Å². The molecule has 0 saturated heterocycles. The van der Waals surface area contributed by atoms with Gasteiger partial charge in [0.05, 0.1) is 6.61 Å². The summed E-state index contributed by atoms with van der Waals surface area (Å²) in [7, 11) is 0.